The summed E-state index contributed by atoms with van der Waals surface area (Å²) in [5.74, 6) is -1.64. The van der Waals surface area contributed by atoms with Crippen molar-refractivity contribution in [3.05, 3.63) is 70.9 Å². The molecule has 0 aliphatic rings. The molecule has 0 spiro atoms. The van der Waals surface area contributed by atoms with Gasteiger partial charge in [0.1, 0.15) is 5.70 Å². The zero-order valence-electron chi connectivity index (χ0n) is 13.9. The number of amides is 1. The summed E-state index contributed by atoms with van der Waals surface area (Å²) in [7, 11) is 3.85. The van der Waals surface area contributed by atoms with Crippen molar-refractivity contribution >= 4 is 23.6 Å². The average molecular weight is 324 g/mol. The van der Waals surface area contributed by atoms with E-state index >= 15 is 0 Å². The Bertz CT molecular complexity index is 760. The van der Waals surface area contributed by atoms with Gasteiger partial charge in [-0.1, -0.05) is 29.8 Å². The second-order valence-corrected chi connectivity index (χ2v) is 5.67. The number of carbonyl (C=O) groups is 2. The third-order valence-electron chi connectivity index (χ3n) is 3.51. The molecule has 2 aromatic rings. The van der Waals surface area contributed by atoms with Crippen molar-refractivity contribution < 1.29 is 14.7 Å². The van der Waals surface area contributed by atoms with E-state index in [1.54, 1.807) is 36.4 Å². The first kappa shape index (κ1) is 17.3. The van der Waals surface area contributed by atoms with Crippen LogP contribution in [0.25, 0.3) is 6.08 Å². The van der Waals surface area contributed by atoms with Crippen LogP contribution in [-0.2, 0) is 4.79 Å². The molecule has 0 bridgehead atoms. The molecule has 0 saturated heterocycles. The number of benzene rings is 2. The Balaban J connectivity index is 2.20. The lowest BCUT2D eigenvalue weighted by Crippen LogP contribution is -2.27. The molecule has 24 heavy (non-hydrogen) atoms. The highest BCUT2D eigenvalue weighted by atomic mass is 16.4. The van der Waals surface area contributed by atoms with Gasteiger partial charge in [0.2, 0.25) is 0 Å². The van der Waals surface area contributed by atoms with Crippen molar-refractivity contribution in [2.45, 2.75) is 6.92 Å². The predicted molar refractivity (Wildman–Crippen MR) is 95.0 cm³/mol. The van der Waals surface area contributed by atoms with Gasteiger partial charge in [0, 0.05) is 25.3 Å². The number of carbonyl (C=O) groups excluding carboxylic acids is 1. The molecule has 0 atom stereocenters. The monoisotopic (exact) mass is 324 g/mol. The number of hydrogen-bond acceptors (Lipinski definition) is 3. The lowest BCUT2D eigenvalue weighted by molar-refractivity contribution is -0.132. The van der Waals surface area contributed by atoms with Crippen molar-refractivity contribution in [1.82, 2.24) is 5.32 Å². The highest BCUT2D eigenvalue weighted by Crippen LogP contribution is 2.14. The van der Waals surface area contributed by atoms with Crippen LogP contribution in [0, 0.1) is 6.92 Å². The molecular formula is C19H20N2O3. The van der Waals surface area contributed by atoms with Gasteiger partial charge < -0.3 is 15.3 Å². The van der Waals surface area contributed by atoms with E-state index in [2.05, 4.69) is 5.32 Å². The highest BCUT2D eigenvalue weighted by Gasteiger charge is 2.13. The summed E-state index contributed by atoms with van der Waals surface area (Å²) in [6, 6.07) is 14.3. The van der Waals surface area contributed by atoms with Gasteiger partial charge in [-0.25, -0.2) is 4.79 Å². The Morgan fingerprint density at radius 3 is 2.08 bits per heavy atom. The first-order valence-electron chi connectivity index (χ1n) is 7.47. The van der Waals surface area contributed by atoms with Gasteiger partial charge in [0.25, 0.3) is 5.91 Å². The minimum absolute atomic E-state index is 0.168. The third-order valence-corrected chi connectivity index (χ3v) is 3.51. The summed E-state index contributed by atoms with van der Waals surface area (Å²) in [4.78, 5) is 25.5. The van der Waals surface area contributed by atoms with E-state index in [9.17, 15) is 14.7 Å². The Labute approximate surface area is 141 Å². The Hall–Kier alpha value is -3.08. The van der Waals surface area contributed by atoms with Crippen LogP contribution in [0.1, 0.15) is 21.5 Å². The first-order chi connectivity index (χ1) is 11.4. The maximum Gasteiger partial charge on any atom is 0.352 e. The van der Waals surface area contributed by atoms with Crippen molar-refractivity contribution in [1.29, 1.82) is 0 Å². The van der Waals surface area contributed by atoms with E-state index in [4.69, 9.17) is 0 Å². The smallest absolute Gasteiger partial charge is 0.352 e. The van der Waals surface area contributed by atoms with E-state index in [0.717, 1.165) is 11.3 Å². The molecule has 0 saturated carbocycles. The lowest BCUT2D eigenvalue weighted by atomic mass is 10.1. The Morgan fingerprint density at radius 1 is 1.00 bits per heavy atom. The fourth-order valence-corrected chi connectivity index (χ4v) is 2.09. The SMILES string of the molecule is Cc1ccc(C(=O)NC(=Cc2ccc(N(C)C)cc2)C(=O)O)cc1. The minimum atomic E-state index is -1.19. The fourth-order valence-electron chi connectivity index (χ4n) is 2.09. The van der Waals surface area contributed by atoms with Crippen LogP contribution in [-0.4, -0.2) is 31.1 Å². The van der Waals surface area contributed by atoms with Crippen LogP contribution in [0.4, 0.5) is 5.69 Å². The number of nitrogens with one attached hydrogen (secondary N) is 1. The third kappa shape index (κ3) is 4.46. The fraction of sp³-hybridized carbons (Fsp3) is 0.158. The molecule has 0 fully saturated rings. The number of nitrogens with zero attached hydrogens (tertiary/aromatic N) is 1. The molecule has 0 radical (unpaired) electrons. The molecule has 2 N–H and O–H groups in total. The summed E-state index contributed by atoms with van der Waals surface area (Å²) in [6.07, 6.45) is 1.44. The van der Waals surface area contributed by atoms with Crippen molar-refractivity contribution in [3.63, 3.8) is 0 Å². The van der Waals surface area contributed by atoms with Crippen LogP contribution in [0.15, 0.2) is 54.2 Å². The molecule has 5 heteroatoms. The molecule has 124 valence electrons. The zero-order valence-corrected chi connectivity index (χ0v) is 13.9. The van der Waals surface area contributed by atoms with Gasteiger partial charge in [-0.05, 0) is 42.8 Å². The molecule has 2 aromatic carbocycles. The van der Waals surface area contributed by atoms with Crippen LogP contribution in [0.2, 0.25) is 0 Å². The number of carboxylic acids is 1. The Kier molecular flexibility index (Phi) is 5.37. The van der Waals surface area contributed by atoms with E-state index in [1.807, 2.05) is 38.1 Å². The van der Waals surface area contributed by atoms with Crippen molar-refractivity contribution in [3.8, 4) is 0 Å². The summed E-state index contributed by atoms with van der Waals surface area (Å²) < 4.78 is 0. The molecular weight excluding hydrogens is 304 g/mol. The van der Waals surface area contributed by atoms with E-state index in [1.165, 1.54) is 6.08 Å². The van der Waals surface area contributed by atoms with Gasteiger partial charge >= 0.3 is 5.97 Å². The van der Waals surface area contributed by atoms with Crippen LogP contribution >= 0.6 is 0 Å². The second-order valence-electron chi connectivity index (χ2n) is 5.67. The topological polar surface area (TPSA) is 69.6 Å². The molecule has 1 amide bonds. The standard InChI is InChI=1S/C19H20N2O3/c1-13-4-8-15(9-5-13)18(22)20-17(19(23)24)12-14-6-10-16(11-7-14)21(2)3/h4-12H,1-3H3,(H,20,22)(H,23,24). The number of hydrogen-bond donors (Lipinski definition) is 2. The number of rotatable bonds is 5. The van der Waals surface area contributed by atoms with Crippen LogP contribution < -0.4 is 10.2 Å². The minimum Gasteiger partial charge on any atom is -0.477 e. The molecule has 2 rings (SSSR count). The van der Waals surface area contributed by atoms with Gasteiger partial charge in [0.15, 0.2) is 0 Å². The van der Waals surface area contributed by atoms with Crippen molar-refractivity contribution in [2.24, 2.45) is 0 Å². The summed E-state index contributed by atoms with van der Waals surface area (Å²) in [6.45, 7) is 1.92. The molecule has 0 aliphatic heterocycles. The second kappa shape index (κ2) is 7.46. The molecule has 0 unspecified atom stereocenters. The molecule has 5 nitrogen and oxygen atoms in total. The molecule has 0 aliphatic carbocycles. The summed E-state index contributed by atoms with van der Waals surface area (Å²) in [5, 5.41) is 11.8. The van der Waals surface area contributed by atoms with Crippen LogP contribution in [0.5, 0.6) is 0 Å². The largest absolute Gasteiger partial charge is 0.477 e. The van der Waals surface area contributed by atoms with E-state index < -0.39 is 11.9 Å². The van der Waals surface area contributed by atoms with Gasteiger partial charge in [-0.2, -0.15) is 0 Å². The zero-order chi connectivity index (χ0) is 17.7. The molecule has 0 aromatic heterocycles. The number of aryl methyl sites for hydroxylation is 1. The number of carboxylic acid groups (broad SMARTS) is 1. The Morgan fingerprint density at radius 2 is 1.58 bits per heavy atom. The van der Waals surface area contributed by atoms with Gasteiger partial charge in [-0.15, -0.1) is 0 Å². The van der Waals surface area contributed by atoms with E-state index in [0.29, 0.717) is 11.1 Å². The van der Waals surface area contributed by atoms with Crippen LogP contribution in [0.3, 0.4) is 0 Å². The summed E-state index contributed by atoms with van der Waals surface area (Å²) in [5.41, 5.74) is 2.98. The maximum absolute atomic E-state index is 12.2. The molecule has 0 heterocycles. The highest BCUT2D eigenvalue weighted by molar-refractivity contribution is 6.02. The normalized spacial score (nSPS) is 11.0. The lowest BCUT2D eigenvalue weighted by Gasteiger charge is -2.12. The van der Waals surface area contributed by atoms with Gasteiger partial charge in [-0.3, -0.25) is 4.79 Å². The first-order valence-corrected chi connectivity index (χ1v) is 7.47. The number of aliphatic carboxylic acids is 1. The summed E-state index contributed by atoms with van der Waals surface area (Å²) >= 11 is 0. The maximum atomic E-state index is 12.2. The van der Waals surface area contributed by atoms with Crippen molar-refractivity contribution in [2.75, 3.05) is 19.0 Å². The average Bonchev–Trinajstić information content (AvgIpc) is 2.55. The van der Waals surface area contributed by atoms with Gasteiger partial charge in [0.05, 0.1) is 0 Å². The van der Waals surface area contributed by atoms with E-state index in [-0.39, 0.29) is 5.70 Å². The quantitative estimate of drug-likeness (QED) is 0.830. The number of anilines is 1. The predicted octanol–water partition coefficient (Wildman–Crippen LogP) is 2.92.